The maximum atomic E-state index is 12.0. The molecule has 1 rings (SSSR count). The highest BCUT2D eigenvalue weighted by atomic mass is 79.9. The molecule has 3 nitrogen and oxygen atoms in total. The third-order valence-electron chi connectivity index (χ3n) is 2.67. The summed E-state index contributed by atoms with van der Waals surface area (Å²) in [6.45, 7) is 6.62. The standard InChI is InChI=1S/C13H19BrN2O/c1-13(2,3)11(8-15)16-12(17)9-5-4-6-10(14)7-9/h4-7,11H,8,15H2,1-3H3,(H,16,17). The molecule has 4 heteroatoms. The first-order valence-electron chi connectivity index (χ1n) is 5.61. The average molecular weight is 299 g/mol. The topological polar surface area (TPSA) is 55.1 Å². The minimum absolute atomic E-state index is 0.0334. The summed E-state index contributed by atoms with van der Waals surface area (Å²) in [6, 6.07) is 7.28. The van der Waals surface area contributed by atoms with Gasteiger partial charge in [-0.15, -0.1) is 0 Å². The van der Waals surface area contributed by atoms with Gasteiger partial charge in [0.25, 0.3) is 5.91 Å². The molecular weight excluding hydrogens is 280 g/mol. The molecule has 3 N–H and O–H groups in total. The van der Waals surface area contributed by atoms with Crippen LogP contribution in [0, 0.1) is 5.41 Å². The number of nitrogens with one attached hydrogen (secondary N) is 1. The van der Waals surface area contributed by atoms with Crippen LogP contribution in [0.4, 0.5) is 0 Å². The Balaban J connectivity index is 2.78. The molecule has 0 spiro atoms. The first-order chi connectivity index (χ1) is 7.84. The lowest BCUT2D eigenvalue weighted by Gasteiger charge is -2.30. The van der Waals surface area contributed by atoms with Gasteiger partial charge in [-0.1, -0.05) is 42.8 Å². The Kier molecular flexibility index (Phi) is 4.71. The molecule has 0 radical (unpaired) electrons. The van der Waals surface area contributed by atoms with Crippen molar-refractivity contribution in [3.8, 4) is 0 Å². The van der Waals surface area contributed by atoms with Gasteiger partial charge in [-0.25, -0.2) is 0 Å². The number of hydrogen-bond acceptors (Lipinski definition) is 2. The van der Waals surface area contributed by atoms with E-state index in [0.29, 0.717) is 12.1 Å². The molecular formula is C13H19BrN2O. The SMILES string of the molecule is CC(C)(C)C(CN)NC(=O)c1cccc(Br)c1. The summed E-state index contributed by atoms with van der Waals surface area (Å²) in [5.74, 6) is -0.0864. The number of rotatable bonds is 3. The average Bonchev–Trinajstić information content (AvgIpc) is 2.23. The lowest BCUT2D eigenvalue weighted by Crippen LogP contribution is -2.48. The zero-order valence-corrected chi connectivity index (χ0v) is 12.0. The molecule has 1 aromatic rings. The number of hydrogen-bond donors (Lipinski definition) is 2. The molecule has 0 aliphatic carbocycles. The second kappa shape index (κ2) is 5.65. The molecule has 17 heavy (non-hydrogen) atoms. The molecule has 0 heterocycles. The number of amides is 1. The molecule has 0 aliphatic rings. The minimum Gasteiger partial charge on any atom is -0.348 e. The number of carbonyl (C=O) groups is 1. The lowest BCUT2D eigenvalue weighted by molar-refractivity contribution is 0.0905. The van der Waals surface area contributed by atoms with E-state index in [2.05, 4.69) is 42.0 Å². The predicted molar refractivity (Wildman–Crippen MR) is 73.9 cm³/mol. The normalized spacial score (nSPS) is 13.2. The Bertz CT molecular complexity index is 399. The largest absolute Gasteiger partial charge is 0.348 e. The first kappa shape index (κ1) is 14.2. The quantitative estimate of drug-likeness (QED) is 0.901. The van der Waals surface area contributed by atoms with E-state index in [0.717, 1.165) is 4.47 Å². The number of nitrogens with two attached hydrogens (primary N) is 1. The summed E-state index contributed by atoms with van der Waals surface area (Å²) in [4.78, 5) is 12.0. The highest BCUT2D eigenvalue weighted by Crippen LogP contribution is 2.19. The van der Waals surface area contributed by atoms with Crippen molar-refractivity contribution in [2.45, 2.75) is 26.8 Å². The molecule has 1 unspecified atom stereocenters. The third-order valence-corrected chi connectivity index (χ3v) is 3.17. The Labute approximate surface area is 111 Å². The Morgan fingerprint density at radius 1 is 1.47 bits per heavy atom. The third kappa shape index (κ3) is 4.13. The Hall–Kier alpha value is -0.870. The van der Waals surface area contributed by atoms with Crippen molar-refractivity contribution in [3.63, 3.8) is 0 Å². The fourth-order valence-electron chi connectivity index (χ4n) is 1.50. The summed E-state index contributed by atoms with van der Waals surface area (Å²) < 4.78 is 0.894. The number of halogens is 1. The van der Waals surface area contributed by atoms with E-state index in [1.165, 1.54) is 0 Å². The highest BCUT2D eigenvalue weighted by molar-refractivity contribution is 9.10. The van der Waals surface area contributed by atoms with E-state index in [1.807, 2.05) is 12.1 Å². The van der Waals surface area contributed by atoms with Crippen molar-refractivity contribution in [3.05, 3.63) is 34.3 Å². The van der Waals surface area contributed by atoms with Gasteiger partial charge >= 0.3 is 0 Å². The van der Waals surface area contributed by atoms with E-state index in [-0.39, 0.29) is 17.4 Å². The fraction of sp³-hybridized carbons (Fsp3) is 0.462. The molecule has 0 aromatic heterocycles. The maximum absolute atomic E-state index is 12.0. The Morgan fingerprint density at radius 2 is 2.12 bits per heavy atom. The van der Waals surface area contributed by atoms with Gasteiger partial charge in [0, 0.05) is 22.6 Å². The van der Waals surface area contributed by atoms with Gasteiger partial charge in [0.1, 0.15) is 0 Å². The maximum Gasteiger partial charge on any atom is 0.251 e. The minimum atomic E-state index is -0.0864. The van der Waals surface area contributed by atoms with Gasteiger partial charge in [0.05, 0.1) is 0 Å². The van der Waals surface area contributed by atoms with E-state index in [9.17, 15) is 4.79 Å². The van der Waals surface area contributed by atoms with Crippen molar-refractivity contribution in [2.75, 3.05) is 6.54 Å². The van der Waals surface area contributed by atoms with Gasteiger partial charge in [0.2, 0.25) is 0 Å². The highest BCUT2D eigenvalue weighted by Gasteiger charge is 2.25. The summed E-state index contributed by atoms with van der Waals surface area (Å²) in [5, 5.41) is 2.97. The molecule has 94 valence electrons. The van der Waals surface area contributed by atoms with Crippen LogP contribution >= 0.6 is 15.9 Å². The molecule has 1 amide bonds. The second-order valence-corrected chi connectivity index (χ2v) is 6.05. The monoisotopic (exact) mass is 298 g/mol. The predicted octanol–water partition coefficient (Wildman–Crippen LogP) is 2.55. The van der Waals surface area contributed by atoms with E-state index in [4.69, 9.17) is 5.73 Å². The summed E-state index contributed by atoms with van der Waals surface area (Å²) in [6.07, 6.45) is 0. The molecule has 1 aromatic carbocycles. The summed E-state index contributed by atoms with van der Waals surface area (Å²) in [7, 11) is 0. The van der Waals surface area contributed by atoms with Crippen LogP contribution in [0.2, 0.25) is 0 Å². The first-order valence-corrected chi connectivity index (χ1v) is 6.40. The van der Waals surface area contributed by atoms with Crippen molar-refractivity contribution in [1.29, 1.82) is 0 Å². The van der Waals surface area contributed by atoms with Gasteiger partial charge in [-0.05, 0) is 23.6 Å². The van der Waals surface area contributed by atoms with E-state index in [1.54, 1.807) is 12.1 Å². The summed E-state index contributed by atoms with van der Waals surface area (Å²) in [5.41, 5.74) is 6.29. The molecule has 0 saturated heterocycles. The second-order valence-electron chi connectivity index (χ2n) is 5.14. The van der Waals surface area contributed by atoms with Crippen molar-refractivity contribution < 1.29 is 4.79 Å². The molecule has 0 saturated carbocycles. The van der Waals surface area contributed by atoms with E-state index < -0.39 is 0 Å². The van der Waals surface area contributed by atoms with Crippen molar-refractivity contribution in [2.24, 2.45) is 11.1 Å². The van der Waals surface area contributed by atoms with E-state index >= 15 is 0 Å². The van der Waals surface area contributed by atoms with Crippen molar-refractivity contribution >= 4 is 21.8 Å². The smallest absolute Gasteiger partial charge is 0.251 e. The van der Waals surface area contributed by atoms with Crippen LogP contribution in [0.25, 0.3) is 0 Å². The van der Waals surface area contributed by atoms with Crippen LogP contribution in [0.1, 0.15) is 31.1 Å². The van der Waals surface area contributed by atoms with Crippen LogP contribution in [0.15, 0.2) is 28.7 Å². The molecule has 0 fully saturated rings. The van der Waals surface area contributed by atoms with Crippen LogP contribution in [0.5, 0.6) is 0 Å². The van der Waals surface area contributed by atoms with Crippen LogP contribution in [-0.2, 0) is 0 Å². The van der Waals surface area contributed by atoms with Gasteiger partial charge < -0.3 is 11.1 Å². The Morgan fingerprint density at radius 3 is 2.59 bits per heavy atom. The fourth-order valence-corrected chi connectivity index (χ4v) is 1.90. The summed E-state index contributed by atoms with van der Waals surface area (Å²) >= 11 is 3.35. The van der Waals surface area contributed by atoms with Crippen molar-refractivity contribution in [1.82, 2.24) is 5.32 Å². The zero-order valence-electron chi connectivity index (χ0n) is 10.5. The number of benzene rings is 1. The molecule has 1 atom stereocenters. The lowest BCUT2D eigenvalue weighted by atomic mass is 9.86. The van der Waals surface area contributed by atoms with Crippen LogP contribution in [-0.4, -0.2) is 18.5 Å². The zero-order chi connectivity index (χ0) is 13.1. The van der Waals surface area contributed by atoms with Gasteiger partial charge in [0.15, 0.2) is 0 Å². The van der Waals surface area contributed by atoms with Crippen LogP contribution in [0.3, 0.4) is 0 Å². The molecule has 0 bridgehead atoms. The van der Waals surface area contributed by atoms with Gasteiger partial charge in [-0.3, -0.25) is 4.79 Å². The van der Waals surface area contributed by atoms with Crippen LogP contribution < -0.4 is 11.1 Å². The number of carbonyl (C=O) groups excluding carboxylic acids is 1. The van der Waals surface area contributed by atoms with Gasteiger partial charge in [-0.2, -0.15) is 0 Å². The molecule has 0 aliphatic heterocycles.